The summed E-state index contributed by atoms with van der Waals surface area (Å²) in [6, 6.07) is 0.404. The summed E-state index contributed by atoms with van der Waals surface area (Å²) in [5.74, 6) is 0.207. The van der Waals surface area contributed by atoms with Gasteiger partial charge in [0.1, 0.15) is 0 Å². The van der Waals surface area contributed by atoms with E-state index < -0.39 is 0 Å². The highest BCUT2D eigenvalue weighted by molar-refractivity contribution is 9.09. The Morgan fingerprint density at radius 1 is 1.24 bits per heavy atom. The van der Waals surface area contributed by atoms with Crippen LogP contribution in [0.5, 0.6) is 0 Å². The number of hydrogen-bond acceptors (Lipinski definition) is 2. The molecule has 2 rings (SSSR count). The minimum absolute atomic E-state index is 0.207. The van der Waals surface area contributed by atoms with Gasteiger partial charge in [0.25, 0.3) is 0 Å². The van der Waals surface area contributed by atoms with Crippen LogP contribution in [0.1, 0.15) is 51.4 Å². The third kappa shape index (κ3) is 4.59. The lowest BCUT2D eigenvalue weighted by Gasteiger charge is -2.26. The first-order valence-electron chi connectivity index (χ1n) is 6.79. The molecule has 1 aliphatic heterocycles. The monoisotopic (exact) mass is 303 g/mol. The summed E-state index contributed by atoms with van der Waals surface area (Å²) in [5, 5.41) is 3.15. The fourth-order valence-electron chi connectivity index (χ4n) is 2.66. The molecule has 1 aliphatic carbocycles. The van der Waals surface area contributed by atoms with E-state index in [9.17, 15) is 4.79 Å². The zero-order valence-electron chi connectivity index (χ0n) is 10.3. The van der Waals surface area contributed by atoms with Crippen LogP contribution in [0.4, 0.5) is 0 Å². The topological polar surface area (TPSA) is 38.3 Å². The lowest BCUT2D eigenvalue weighted by Crippen LogP contribution is -2.37. The fourth-order valence-corrected chi connectivity index (χ4v) is 3.19. The van der Waals surface area contributed by atoms with Crippen LogP contribution in [0.15, 0.2) is 0 Å². The molecule has 0 aromatic heterocycles. The molecular weight excluding hydrogens is 282 g/mol. The van der Waals surface area contributed by atoms with Crippen LogP contribution >= 0.6 is 15.9 Å². The van der Waals surface area contributed by atoms with Gasteiger partial charge in [0.2, 0.25) is 5.91 Å². The Labute approximate surface area is 112 Å². The van der Waals surface area contributed by atoms with Crippen molar-refractivity contribution in [3.05, 3.63) is 0 Å². The second-order valence-corrected chi connectivity index (χ2v) is 6.49. The minimum Gasteiger partial charge on any atom is -0.378 e. The standard InChI is InChI=1S/C13H22BrNO2/c14-10-3-5-11(6-4-10)15-13(16)8-7-12-2-1-9-17-12/h10-12H,1-9H2,(H,15,16). The SMILES string of the molecule is O=C(CCC1CCCO1)NC1CCC(Br)CC1. The second kappa shape index (κ2) is 6.74. The number of amides is 1. The van der Waals surface area contributed by atoms with Crippen molar-refractivity contribution < 1.29 is 9.53 Å². The molecule has 17 heavy (non-hydrogen) atoms. The van der Waals surface area contributed by atoms with Gasteiger partial charge in [0, 0.05) is 23.9 Å². The Balaban J connectivity index is 1.60. The predicted octanol–water partition coefficient (Wildman–Crippen LogP) is 2.77. The zero-order valence-corrected chi connectivity index (χ0v) is 11.9. The molecule has 1 heterocycles. The summed E-state index contributed by atoms with van der Waals surface area (Å²) >= 11 is 3.63. The number of rotatable bonds is 4. The van der Waals surface area contributed by atoms with Crippen molar-refractivity contribution in [1.29, 1.82) is 0 Å². The number of ether oxygens (including phenoxy) is 1. The maximum absolute atomic E-state index is 11.8. The molecular formula is C13H22BrNO2. The van der Waals surface area contributed by atoms with Gasteiger partial charge in [-0.1, -0.05) is 15.9 Å². The van der Waals surface area contributed by atoms with Crippen LogP contribution in [-0.4, -0.2) is 29.5 Å². The average molecular weight is 304 g/mol. The summed E-state index contributed by atoms with van der Waals surface area (Å²) in [6.45, 7) is 0.877. The molecule has 1 amide bonds. The number of hydrogen-bond donors (Lipinski definition) is 1. The molecule has 0 radical (unpaired) electrons. The zero-order chi connectivity index (χ0) is 12.1. The Kier molecular flexibility index (Phi) is 5.29. The van der Waals surface area contributed by atoms with Gasteiger partial charge >= 0.3 is 0 Å². The van der Waals surface area contributed by atoms with Crippen molar-refractivity contribution in [3.63, 3.8) is 0 Å². The molecule has 98 valence electrons. The largest absolute Gasteiger partial charge is 0.378 e. The number of nitrogens with one attached hydrogen (secondary N) is 1. The van der Waals surface area contributed by atoms with E-state index in [-0.39, 0.29) is 5.91 Å². The fraction of sp³-hybridized carbons (Fsp3) is 0.923. The van der Waals surface area contributed by atoms with Crippen molar-refractivity contribution in [2.75, 3.05) is 6.61 Å². The predicted molar refractivity (Wildman–Crippen MR) is 71.3 cm³/mol. The van der Waals surface area contributed by atoms with Gasteiger partial charge in [-0.3, -0.25) is 4.79 Å². The van der Waals surface area contributed by atoms with E-state index >= 15 is 0 Å². The van der Waals surface area contributed by atoms with E-state index in [2.05, 4.69) is 21.2 Å². The molecule has 2 fully saturated rings. The highest BCUT2D eigenvalue weighted by Gasteiger charge is 2.21. The van der Waals surface area contributed by atoms with Crippen LogP contribution < -0.4 is 5.32 Å². The molecule has 1 saturated heterocycles. The number of halogens is 1. The second-order valence-electron chi connectivity index (χ2n) is 5.19. The van der Waals surface area contributed by atoms with E-state index in [1.807, 2.05) is 0 Å². The van der Waals surface area contributed by atoms with Gasteiger partial charge in [-0.25, -0.2) is 0 Å². The lowest BCUT2D eigenvalue weighted by molar-refractivity contribution is -0.122. The molecule has 1 saturated carbocycles. The van der Waals surface area contributed by atoms with Gasteiger partial charge in [-0.2, -0.15) is 0 Å². The van der Waals surface area contributed by atoms with Gasteiger partial charge in [-0.15, -0.1) is 0 Å². The smallest absolute Gasteiger partial charge is 0.220 e. The van der Waals surface area contributed by atoms with Crippen LogP contribution in [0.3, 0.4) is 0 Å². The van der Waals surface area contributed by atoms with Gasteiger partial charge in [0.05, 0.1) is 6.10 Å². The Hall–Kier alpha value is -0.0900. The summed E-state index contributed by atoms with van der Waals surface area (Å²) in [6.07, 6.45) is 8.71. The van der Waals surface area contributed by atoms with Crippen molar-refractivity contribution in [2.24, 2.45) is 0 Å². The van der Waals surface area contributed by atoms with Crippen LogP contribution in [0, 0.1) is 0 Å². The molecule has 2 aliphatic rings. The maximum atomic E-state index is 11.8. The normalized spacial score (nSPS) is 33.6. The number of carbonyl (C=O) groups is 1. The van der Waals surface area contributed by atoms with Crippen LogP contribution in [-0.2, 0) is 9.53 Å². The third-order valence-electron chi connectivity index (χ3n) is 3.74. The van der Waals surface area contributed by atoms with Crippen molar-refractivity contribution in [3.8, 4) is 0 Å². The van der Waals surface area contributed by atoms with Crippen molar-refractivity contribution >= 4 is 21.8 Å². The molecule has 1 unspecified atom stereocenters. The van der Waals surface area contributed by atoms with Gasteiger partial charge < -0.3 is 10.1 Å². The first kappa shape index (κ1) is 13.3. The average Bonchev–Trinajstić information content (AvgIpc) is 2.83. The third-order valence-corrected chi connectivity index (χ3v) is 4.65. The van der Waals surface area contributed by atoms with E-state index in [0.717, 1.165) is 38.7 Å². The molecule has 0 spiro atoms. The summed E-state index contributed by atoms with van der Waals surface area (Å²) < 4.78 is 5.52. The van der Waals surface area contributed by atoms with Gasteiger partial charge in [0.15, 0.2) is 0 Å². The van der Waals surface area contributed by atoms with Gasteiger partial charge in [-0.05, 0) is 44.9 Å². The quantitative estimate of drug-likeness (QED) is 0.811. The molecule has 0 aromatic rings. The van der Waals surface area contributed by atoms with E-state index in [1.54, 1.807) is 0 Å². The van der Waals surface area contributed by atoms with Crippen molar-refractivity contribution in [2.45, 2.75) is 68.3 Å². The molecule has 3 nitrogen and oxygen atoms in total. The van der Waals surface area contributed by atoms with E-state index in [4.69, 9.17) is 4.74 Å². The summed E-state index contributed by atoms with van der Waals surface area (Å²) in [4.78, 5) is 12.4. The molecule has 0 bridgehead atoms. The van der Waals surface area contributed by atoms with Crippen molar-refractivity contribution in [1.82, 2.24) is 5.32 Å². The summed E-state index contributed by atoms with van der Waals surface area (Å²) in [7, 11) is 0. The molecule has 1 N–H and O–H groups in total. The van der Waals surface area contributed by atoms with Crippen LogP contribution in [0.2, 0.25) is 0 Å². The van der Waals surface area contributed by atoms with Crippen LogP contribution in [0.25, 0.3) is 0 Å². The van der Waals surface area contributed by atoms with E-state index in [1.165, 1.54) is 12.8 Å². The van der Waals surface area contributed by atoms with E-state index in [0.29, 0.717) is 23.4 Å². The molecule has 4 heteroatoms. The number of alkyl halides is 1. The Morgan fingerprint density at radius 3 is 2.65 bits per heavy atom. The molecule has 0 aromatic carbocycles. The first-order valence-corrected chi connectivity index (χ1v) is 7.70. The number of carbonyl (C=O) groups excluding carboxylic acids is 1. The highest BCUT2D eigenvalue weighted by Crippen LogP contribution is 2.24. The Bertz CT molecular complexity index is 246. The molecule has 1 atom stereocenters. The lowest BCUT2D eigenvalue weighted by atomic mass is 9.95. The first-order chi connectivity index (χ1) is 8.24. The minimum atomic E-state index is 0.207. The highest BCUT2D eigenvalue weighted by atomic mass is 79.9. The Morgan fingerprint density at radius 2 is 2.00 bits per heavy atom. The maximum Gasteiger partial charge on any atom is 0.220 e. The summed E-state index contributed by atoms with van der Waals surface area (Å²) in [5.41, 5.74) is 0.